The van der Waals surface area contributed by atoms with Crippen molar-refractivity contribution in [3.05, 3.63) is 52.5 Å². The second-order valence-corrected chi connectivity index (χ2v) is 7.65. The summed E-state index contributed by atoms with van der Waals surface area (Å²) in [6.45, 7) is 0.994. The number of hydrogen-bond acceptors (Lipinski definition) is 5. The average Bonchev–Trinajstić information content (AvgIpc) is 2.73. The maximum Gasteiger partial charge on any atom is 0.257 e. The Hall–Kier alpha value is -2.93. The highest BCUT2D eigenvalue weighted by Crippen LogP contribution is 2.34. The third-order valence-electron chi connectivity index (χ3n) is 5.50. The number of piperidine rings is 1. The molecule has 2 aromatic rings. The fourth-order valence-corrected chi connectivity index (χ4v) is 4.05. The van der Waals surface area contributed by atoms with E-state index >= 15 is 0 Å². The van der Waals surface area contributed by atoms with Gasteiger partial charge in [0.1, 0.15) is 17.2 Å². The summed E-state index contributed by atoms with van der Waals surface area (Å²) in [6, 6.07) is 10.3. The number of benzene rings is 2. The molecule has 0 atom stereocenters. The summed E-state index contributed by atoms with van der Waals surface area (Å²) in [4.78, 5) is 27.4. The number of carbonyl (C=O) groups excluding carboxylic acids is 2. The van der Waals surface area contributed by atoms with E-state index in [1.165, 1.54) is 7.11 Å². The molecule has 7 nitrogen and oxygen atoms in total. The molecule has 0 aromatic heterocycles. The Labute approximate surface area is 173 Å². The van der Waals surface area contributed by atoms with E-state index in [0.717, 1.165) is 5.69 Å². The van der Waals surface area contributed by atoms with Crippen molar-refractivity contribution in [3.8, 4) is 11.5 Å². The highest BCUT2D eigenvalue weighted by Gasteiger charge is 2.41. The highest BCUT2D eigenvalue weighted by molar-refractivity contribution is 6.31. The topological polar surface area (TPSA) is 79.9 Å². The van der Waals surface area contributed by atoms with Gasteiger partial charge in [0.2, 0.25) is 0 Å². The number of anilines is 1. The van der Waals surface area contributed by atoms with E-state index in [4.69, 9.17) is 21.1 Å². The van der Waals surface area contributed by atoms with Gasteiger partial charge in [0.15, 0.2) is 0 Å². The maximum absolute atomic E-state index is 13.0. The van der Waals surface area contributed by atoms with Gasteiger partial charge < -0.3 is 25.0 Å². The normalized spacial score (nSPS) is 17.2. The molecule has 4 rings (SSSR count). The molecular weight excluding hydrogens is 394 g/mol. The molecule has 0 bridgehead atoms. The van der Waals surface area contributed by atoms with Gasteiger partial charge in [-0.2, -0.15) is 0 Å². The first-order valence-electron chi connectivity index (χ1n) is 9.36. The zero-order valence-corrected chi connectivity index (χ0v) is 17.0. The van der Waals surface area contributed by atoms with Crippen LogP contribution in [-0.2, 0) is 0 Å². The van der Waals surface area contributed by atoms with Gasteiger partial charge in [-0.05, 0) is 30.3 Å². The number of methoxy groups -OCH3 is 2. The number of amides is 2. The van der Waals surface area contributed by atoms with Crippen molar-refractivity contribution in [3.63, 3.8) is 0 Å². The monoisotopic (exact) mass is 415 g/mol. The molecule has 2 N–H and O–H groups in total. The summed E-state index contributed by atoms with van der Waals surface area (Å²) in [7, 11) is 3.10. The average molecular weight is 416 g/mol. The van der Waals surface area contributed by atoms with E-state index in [0.29, 0.717) is 53.6 Å². The third-order valence-corrected chi connectivity index (χ3v) is 5.73. The van der Waals surface area contributed by atoms with E-state index in [-0.39, 0.29) is 11.8 Å². The summed E-state index contributed by atoms with van der Waals surface area (Å²) in [6.07, 6.45) is 1.16. The number of carbonyl (C=O) groups is 2. The molecule has 0 aliphatic carbocycles. The lowest BCUT2D eigenvalue weighted by atomic mass is 9.92. The Kier molecular flexibility index (Phi) is 5.00. The van der Waals surface area contributed by atoms with E-state index in [1.807, 2.05) is 0 Å². The molecule has 1 saturated heterocycles. The van der Waals surface area contributed by atoms with Crippen molar-refractivity contribution in [2.24, 2.45) is 0 Å². The van der Waals surface area contributed by atoms with Crippen molar-refractivity contribution < 1.29 is 19.1 Å². The van der Waals surface area contributed by atoms with Crippen LogP contribution in [0.1, 0.15) is 33.6 Å². The molecule has 2 aromatic carbocycles. The van der Waals surface area contributed by atoms with E-state index in [9.17, 15) is 9.59 Å². The van der Waals surface area contributed by atoms with Crippen molar-refractivity contribution in [2.45, 2.75) is 18.5 Å². The molecule has 0 radical (unpaired) electrons. The van der Waals surface area contributed by atoms with Crippen molar-refractivity contribution >= 4 is 29.1 Å². The van der Waals surface area contributed by atoms with Crippen molar-refractivity contribution in [1.82, 2.24) is 10.2 Å². The number of hydrogen-bond donors (Lipinski definition) is 2. The van der Waals surface area contributed by atoms with Crippen LogP contribution in [0, 0.1) is 0 Å². The van der Waals surface area contributed by atoms with Crippen LogP contribution in [0.3, 0.4) is 0 Å². The lowest BCUT2D eigenvalue weighted by Crippen LogP contribution is -2.62. The molecular formula is C21H22ClN3O4. The molecule has 1 spiro atoms. The van der Waals surface area contributed by atoms with Crippen LogP contribution in [0.4, 0.5) is 5.69 Å². The predicted molar refractivity (Wildman–Crippen MR) is 110 cm³/mol. The van der Waals surface area contributed by atoms with Crippen LogP contribution < -0.4 is 20.1 Å². The zero-order chi connectivity index (χ0) is 20.6. The summed E-state index contributed by atoms with van der Waals surface area (Å²) in [5.74, 6) is 0.863. The van der Waals surface area contributed by atoms with Gasteiger partial charge in [-0.25, -0.2) is 0 Å². The molecule has 152 valence electrons. The van der Waals surface area contributed by atoms with Gasteiger partial charge in [0.25, 0.3) is 11.8 Å². The smallest absolute Gasteiger partial charge is 0.257 e. The fourth-order valence-electron chi connectivity index (χ4n) is 3.88. The fraction of sp³-hybridized carbons (Fsp3) is 0.333. The quantitative estimate of drug-likeness (QED) is 0.805. The zero-order valence-electron chi connectivity index (χ0n) is 16.3. The maximum atomic E-state index is 13.0. The number of likely N-dealkylation sites (tertiary alicyclic amines) is 1. The summed E-state index contributed by atoms with van der Waals surface area (Å²) >= 11 is 6.09. The Balaban J connectivity index is 1.50. The lowest BCUT2D eigenvalue weighted by molar-refractivity contribution is 0.0637. The van der Waals surface area contributed by atoms with Crippen molar-refractivity contribution in [2.75, 3.05) is 32.6 Å². The molecule has 1 fully saturated rings. The molecule has 0 unspecified atom stereocenters. The van der Waals surface area contributed by atoms with Crippen molar-refractivity contribution in [1.29, 1.82) is 0 Å². The molecule has 0 saturated carbocycles. The Morgan fingerprint density at radius 2 is 1.83 bits per heavy atom. The minimum Gasteiger partial charge on any atom is -0.497 e. The minimum absolute atomic E-state index is 0.107. The Morgan fingerprint density at radius 1 is 1.07 bits per heavy atom. The number of halogens is 1. The second kappa shape index (κ2) is 7.48. The number of fused-ring (bicyclic) bond motifs is 1. The second-order valence-electron chi connectivity index (χ2n) is 7.21. The van der Waals surface area contributed by atoms with Crippen LogP contribution in [0.5, 0.6) is 11.5 Å². The van der Waals surface area contributed by atoms with Gasteiger partial charge in [-0.1, -0.05) is 11.6 Å². The molecule has 2 amide bonds. The van der Waals surface area contributed by atoms with Gasteiger partial charge in [-0.3, -0.25) is 9.59 Å². The highest BCUT2D eigenvalue weighted by atomic mass is 35.5. The molecule has 29 heavy (non-hydrogen) atoms. The molecule has 2 aliphatic rings. The largest absolute Gasteiger partial charge is 0.497 e. The first-order chi connectivity index (χ1) is 13.9. The van der Waals surface area contributed by atoms with Crippen LogP contribution in [0.15, 0.2) is 36.4 Å². The lowest BCUT2D eigenvalue weighted by Gasteiger charge is -2.46. The number of ether oxygens (including phenoxy) is 2. The predicted octanol–water partition coefficient (Wildman–Crippen LogP) is 3.15. The Bertz CT molecular complexity index is 970. The SMILES string of the molecule is COc1ccc(C(=O)N2CCC3(CC2)NC(=O)c2ccc(Cl)cc2N3)c(OC)c1. The van der Waals surface area contributed by atoms with Gasteiger partial charge in [0.05, 0.1) is 31.0 Å². The van der Waals surface area contributed by atoms with Gasteiger partial charge in [0, 0.05) is 37.0 Å². The number of nitrogens with zero attached hydrogens (tertiary/aromatic N) is 1. The molecule has 2 aliphatic heterocycles. The number of rotatable bonds is 3. The standard InChI is InChI=1S/C21H22ClN3O4/c1-28-14-4-6-16(18(12-14)29-2)20(27)25-9-7-21(8-10-25)23-17-11-13(22)3-5-15(17)19(26)24-21/h3-6,11-12,23H,7-10H2,1-2H3,(H,24,26). The van der Waals surface area contributed by atoms with Gasteiger partial charge in [-0.15, -0.1) is 0 Å². The number of nitrogens with one attached hydrogen (secondary N) is 2. The summed E-state index contributed by atoms with van der Waals surface area (Å²) in [5, 5.41) is 7.07. The first-order valence-corrected chi connectivity index (χ1v) is 9.74. The van der Waals surface area contributed by atoms with E-state index in [1.54, 1.807) is 48.4 Å². The third kappa shape index (κ3) is 3.58. The van der Waals surface area contributed by atoms with Gasteiger partial charge >= 0.3 is 0 Å². The minimum atomic E-state index is -0.588. The first kappa shape index (κ1) is 19.4. The van der Waals surface area contributed by atoms with Crippen LogP contribution in [-0.4, -0.2) is 49.7 Å². The summed E-state index contributed by atoms with van der Waals surface area (Å²) < 4.78 is 10.6. The molecule has 2 heterocycles. The summed E-state index contributed by atoms with van der Waals surface area (Å²) in [5.41, 5.74) is 1.19. The Morgan fingerprint density at radius 3 is 2.52 bits per heavy atom. The van der Waals surface area contributed by atoms with E-state index in [2.05, 4.69) is 10.6 Å². The molecule has 8 heteroatoms. The van der Waals surface area contributed by atoms with E-state index < -0.39 is 5.66 Å². The van der Waals surface area contributed by atoms with Crippen LogP contribution >= 0.6 is 11.6 Å². The van der Waals surface area contributed by atoms with Crippen LogP contribution in [0.2, 0.25) is 5.02 Å². The van der Waals surface area contributed by atoms with Crippen LogP contribution in [0.25, 0.3) is 0 Å².